The van der Waals surface area contributed by atoms with Crippen molar-refractivity contribution < 1.29 is 4.79 Å². The third-order valence-electron chi connectivity index (χ3n) is 5.08. The van der Waals surface area contributed by atoms with Crippen LogP contribution in [0.1, 0.15) is 53.8 Å². The number of nitrogens with one attached hydrogen (secondary N) is 3. The van der Waals surface area contributed by atoms with Crippen LogP contribution >= 0.6 is 24.0 Å². The first-order valence-corrected chi connectivity index (χ1v) is 10.2. The second kappa shape index (κ2) is 11.3. The molecule has 1 aliphatic rings. The summed E-state index contributed by atoms with van der Waals surface area (Å²) < 4.78 is 2.02. The molecule has 30 heavy (non-hydrogen) atoms. The summed E-state index contributed by atoms with van der Waals surface area (Å²) in [5.74, 6) is 3.05. The molecule has 0 spiro atoms. The number of halogens is 1. The molecule has 2 aromatic rings. The SMILES string of the molecule is CN=C(NCCc1cccc(C(=O)NC)c1)NC1CCc2nc(C(C)C)nn2C1.I. The third kappa shape index (κ3) is 6.16. The highest BCUT2D eigenvalue weighted by Crippen LogP contribution is 2.17. The molecule has 0 saturated carbocycles. The normalized spacial score (nSPS) is 15.9. The summed E-state index contributed by atoms with van der Waals surface area (Å²) in [6.45, 7) is 5.76. The van der Waals surface area contributed by atoms with Crippen LogP contribution in [-0.4, -0.2) is 53.3 Å². The van der Waals surface area contributed by atoms with Gasteiger partial charge >= 0.3 is 0 Å². The fraction of sp³-hybridized carbons (Fsp3) is 0.524. The van der Waals surface area contributed by atoms with E-state index in [1.165, 1.54) is 0 Å². The van der Waals surface area contributed by atoms with Crippen molar-refractivity contribution in [1.29, 1.82) is 0 Å². The molecule has 1 aliphatic heterocycles. The van der Waals surface area contributed by atoms with Gasteiger partial charge in [0.15, 0.2) is 11.8 Å². The lowest BCUT2D eigenvalue weighted by Crippen LogP contribution is -2.47. The number of hydrogen-bond acceptors (Lipinski definition) is 4. The Hall–Kier alpha value is -2.17. The van der Waals surface area contributed by atoms with E-state index in [-0.39, 0.29) is 35.9 Å². The molecule has 1 aromatic heterocycles. The molecule has 1 aromatic carbocycles. The Bertz CT molecular complexity index is 878. The van der Waals surface area contributed by atoms with Gasteiger partial charge in [0.25, 0.3) is 5.91 Å². The van der Waals surface area contributed by atoms with E-state index in [1.54, 1.807) is 14.1 Å². The molecule has 0 saturated heterocycles. The highest BCUT2D eigenvalue weighted by Gasteiger charge is 2.23. The van der Waals surface area contributed by atoms with E-state index in [2.05, 4.69) is 44.9 Å². The van der Waals surface area contributed by atoms with Crippen molar-refractivity contribution in [2.24, 2.45) is 4.99 Å². The van der Waals surface area contributed by atoms with Gasteiger partial charge in [-0.2, -0.15) is 5.10 Å². The molecule has 2 heterocycles. The van der Waals surface area contributed by atoms with Crippen LogP contribution in [0.15, 0.2) is 29.3 Å². The lowest BCUT2D eigenvalue weighted by Gasteiger charge is -2.25. The first kappa shape index (κ1) is 24.1. The summed E-state index contributed by atoms with van der Waals surface area (Å²) in [7, 11) is 3.42. The molecule has 3 rings (SSSR count). The predicted molar refractivity (Wildman–Crippen MR) is 130 cm³/mol. The molecule has 3 N–H and O–H groups in total. The van der Waals surface area contributed by atoms with Gasteiger partial charge < -0.3 is 16.0 Å². The van der Waals surface area contributed by atoms with Crippen LogP contribution in [0.25, 0.3) is 0 Å². The number of rotatable bonds is 6. The molecular formula is C21H32IN7O. The molecule has 0 radical (unpaired) electrons. The average molecular weight is 525 g/mol. The Morgan fingerprint density at radius 1 is 1.37 bits per heavy atom. The topological polar surface area (TPSA) is 96.2 Å². The number of benzene rings is 1. The number of carbonyl (C=O) groups excluding carboxylic acids is 1. The standard InChI is InChI=1S/C21H31N7O.HI/c1-14(2)19-26-18-9-8-17(13-28(18)27-19)25-21(23-4)24-11-10-15-6-5-7-16(12-15)20(29)22-3;/h5-7,12,14,17H,8-11,13H2,1-4H3,(H,22,29)(H2,23,24,25);1H. The second-order valence-electron chi connectivity index (χ2n) is 7.63. The number of aliphatic imine (C=N–C) groups is 1. The maximum atomic E-state index is 11.8. The van der Waals surface area contributed by atoms with Crippen LogP contribution in [0, 0.1) is 0 Å². The minimum absolute atomic E-state index is 0. The number of fused-ring (bicyclic) bond motifs is 1. The predicted octanol–water partition coefficient (Wildman–Crippen LogP) is 2.10. The monoisotopic (exact) mass is 525 g/mol. The van der Waals surface area contributed by atoms with Crippen LogP contribution in [0.5, 0.6) is 0 Å². The van der Waals surface area contributed by atoms with E-state index in [4.69, 9.17) is 0 Å². The van der Waals surface area contributed by atoms with Crippen LogP contribution in [0.4, 0.5) is 0 Å². The van der Waals surface area contributed by atoms with Gasteiger partial charge in [-0.3, -0.25) is 9.79 Å². The zero-order chi connectivity index (χ0) is 20.8. The number of amides is 1. The summed E-state index contributed by atoms with van der Waals surface area (Å²) in [5, 5.41) is 14.2. The Balaban J connectivity index is 0.00000320. The van der Waals surface area contributed by atoms with Gasteiger partial charge in [-0.25, -0.2) is 9.67 Å². The second-order valence-corrected chi connectivity index (χ2v) is 7.63. The molecule has 8 nitrogen and oxygen atoms in total. The van der Waals surface area contributed by atoms with Crippen LogP contribution in [-0.2, 0) is 19.4 Å². The number of aromatic nitrogens is 3. The van der Waals surface area contributed by atoms with Crippen molar-refractivity contribution in [1.82, 2.24) is 30.7 Å². The summed E-state index contributed by atoms with van der Waals surface area (Å²) in [5.41, 5.74) is 1.79. The molecule has 1 unspecified atom stereocenters. The Morgan fingerprint density at radius 2 is 2.17 bits per heavy atom. The van der Waals surface area contributed by atoms with Crippen molar-refractivity contribution in [2.45, 2.75) is 51.6 Å². The summed E-state index contributed by atoms with van der Waals surface area (Å²) in [6, 6.07) is 7.96. The first-order valence-electron chi connectivity index (χ1n) is 10.2. The van der Waals surface area contributed by atoms with E-state index in [0.29, 0.717) is 11.5 Å². The van der Waals surface area contributed by atoms with Gasteiger partial charge in [0, 0.05) is 44.6 Å². The van der Waals surface area contributed by atoms with Crippen molar-refractivity contribution >= 4 is 35.8 Å². The first-order chi connectivity index (χ1) is 14.0. The number of aryl methyl sites for hydroxylation is 1. The molecule has 1 amide bonds. The highest BCUT2D eigenvalue weighted by molar-refractivity contribution is 14.0. The van der Waals surface area contributed by atoms with Crippen molar-refractivity contribution in [3.63, 3.8) is 0 Å². The van der Waals surface area contributed by atoms with Crippen LogP contribution in [0.2, 0.25) is 0 Å². The highest BCUT2D eigenvalue weighted by atomic mass is 127. The Morgan fingerprint density at radius 3 is 2.87 bits per heavy atom. The summed E-state index contributed by atoms with van der Waals surface area (Å²) >= 11 is 0. The van der Waals surface area contributed by atoms with Crippen LogP contribution < -0.4 is 16.0 Å². The molecule has 9 heteroatoms. The maximum Gasteiger partial charge on any atom is 0.251 e. The van der Waals surface area contributed by atoms with Gasteiger partial charge in [-0.05, 0) is 30.5 Å². The molecular weight excluding hydrogens is 493 g/mol. The van der Waals surface area contributed by atoms with E-state index >= 15 is 0 Å². The molecule has 164 valence electrons. The van der Waals surface area contributed by atoms with E-state index in [1.807, 2.05) is 28.9 Å². The Kier molecular flexibility index (Phi) is 9.07. The molecule has 1 atom stereocenters. The van der Waals surface area contributed by atoms with Gasteiger partial charge in [0.1, 0.15) is 5.82 Å². The van der Waals surface area contributed by atoms with Gasteiger partial charge in [0.05, 0.1) is 6.54 Å². The molecule has 0 aliphatic carbocycles. The number of nitrogens with zero attached hydrogens (tertiary/aromatic N) is 4. The number of guanidine groups is 1. The largest absolute Gasteiger partial charge is 0.356 e. The quantitative estimate of drug-likeness (QED) is 0.305. The van der Waals surface area contributed by atoms with Crippen LogP contribution in [0.3, 0.4) is 0 Å². The smallest absolute Gasteiger partial charge is 0.251 e. The number of carbonyl (C=O) groups is 1. The molecule has 0 bridgehead atoms. The summed E-state index contributed by atoms with van der Waals surface area (Å²) in [4.78, 5) is 20.8. The third-order valence-corrected chi connectivity index (χ3v) is 5.08. The zero-order valence-corrected chi connectivity index (χ0v) is 20.4. The van der Waals surface area contributed by atoms with E-state index in [0.717, 1.165) is 55.5 Å². The minimum atomic E-state index is -0.0670. The van der Waals surface area contributed by atoms with Gasteiger partial charge in [-0.15, -0.1) is 24.0 Å². The van der Waals surface area contributed by atoms with Crippen molar-refractivity contribution in [3.8, 4) is 0 Å². The summed E-state index contributed by atoms with van der Waals surface area (Å²) in [6.07, 6.45) is 2.73. The van der Waals surface area contributed by atoms with E-state index < -0.39 is 0 Å². The Labute approximate surface area is 195 Å². The van der Waals surface area contributed by atoms with Crippen molar-refractivity contribution in [2.75, 3.05) is 20.6 Å². The lowest BCUT2D eigenvalue weighted by atomic mass is 10.1. The average Bonchev–Trinajstić information content (AvgIpc) is 3.16. The minimum Gasteiger partial charge on any atom is -0.356 e. The fourth-order valence-electron chi connectivity index (χ4n) is 3.42. The molecule has 0 fully saturated rings. The zero-order valence-electron chi connectivity index (χ0n) is 18.1. The lowest BCUT2D eigenvalue weighted by molar-refractivity contribution is 0.0963. The maximum absolute atomic E-state index is 11.8. The van der Waals surface area contributed by atoms with E-state index in [9.17, 15) is 4.79 Å². The fourth-order valence-corrected chi connectivity index (χ4v) is 3.42. The number of hydrogen-bond donors (Lipinski definition) is 3. The van der Waals surface area contributed by atoms with Crippen molar-refractivity contribution in [3.05, 3.63) is 47.0 Å². The van der Waals surface area contributed by atoms with Gasteiger partial charge in [-0.1, -0.05) is 26.0 Å². The van der Waals surface area contributed by atoms with Gasteiger partial charge in [0.2, 0.25) is 0 Å².